The van der Waals surface area contributed by atoms with Gasteiger partial charge in [-0.2, -0.15) is 0 Å². The summed E-state index contributed by atoms with van der Waals surface area (Å²) in [4.78, 5) is 12.1. The van der Waals surface area contributed by atoms with E-state index < -0.39 is 0 Å². The summed E-state index contributed by atoms with van der Waals surface area (Å²) in [6.07, 6.45) is 0. The molecule has 5 nitrogen and oxygen atoms in total. The molecule has 1 aromatic heterocycles. The molecule has 0 spiro atoms. The van der Waals surface area contributed by atoms with E-state index in [1.807, 2.05) is 67.6 Å². The fraction of sp³-hybridized carbons (Fsp3) is 0.105. The molecule has 3 aromatic rings. The lowest BCUT2D eigenvalue weighted by molar-refractivity contribution is 0.102. The number of hydrogen-bond acceptors (Lipinski definition) is 4. The molecule has 5 heteroatoms. The molecule has 0 saturated heterocycles. The van der Waals surface area contributed by atoms with Gasteiger partial charge in [-0.05, 0) is 36.8 Å². The van der Waals surface area contributed by atoms with Crippen LogP contribution in [-0.2, 0) is 0 Å². The van der Waals surface area contributed by atoms with Gasteiger partial charge in [0.2, 0.25) is 0 Å². The fourth-order valence-corrected chi connectivity index (χ4v) is 2.29. The Labute approximate surface area is 140 Å². The van der Waals surface area contributed by atoms with Gasteiger partial charge in [0.15, 0.2) is 5.69 Å². The minimum absolute atomic E-state index is 0.101. The minimum Gasteiger partial charge on any atom is -0.362 e. The highest BCUT2D eigenvalue weighted by Crippen LogP contribution is 2.17. The largest absolute Gasteiger partial charge is 0.362 e. The van der Waals surface area contributed by atoms with Crippen molar-refractivity contribution in [3.63, 3.8) is 0 Å². The lowest BCUT2D eigenvalue weighted by Gasteiger charge is -2.14. The molecule has 0 aliphatic rings. The fourth-order valence-electron chi connectivity index (χ4n) is 2.29. The number of rotatable bonds is 5. The van der Waals surface area contributed by atoms with E-state index in [0.717, 1.165) is 11.3 Å². The van der Waals surface area contributed by atoms with Crippen LogP contribution in [0.4, 0.5) is 11.5 Å². The van der Waals surface area contributed by atoms with E-state index in [9.17, 15) is 4.79 Å². The second kappa shape index (κ2) is 7.37. The van der Waals surface area contributed by atoms with Crippen molar-refractivity contribution in [2.75, 3.05) is 10.6 Å². The number of carbonyl (C=O) groups is 1. The number of para-hydroxylation sites is 1. The number of hydrogen-bond donors (Lipinski definition) is 2. The molecule has 0 bridgehead atoms. The lowest BCUT2D eigenvalue weighted by Crippen LogP contribution is -2.15. The van der Waals surface area contributed by atoms with Crippen molar-refractivity contribution in [2.45, 2.75) is 13.0 Å². The maximum atomic E-state index is 12.1. The van der Waals surface area contributed by atoms with Crippen molar-refractivity contribution >= 4 is 17.4 Å². The van der Waals surface area contributed by atoms with E-state index in [1.54, 1.807) is 12.1 Å². The van der Waals surface area contributed by atoms with Gasteiger partial charge in [-0.25, -0.2) is 0 Å². The molecule has 0 aliphatic carbocycles. The lowest BCUT2D eigenvalue weighted by atomic mass is 10.1. The Bertz CT molecular complexity index is 789. The number of nitrogens with one attached hydrogen (secondary N) is 2. The van der Waals surface area contributed by atoms with Crippen LogP contribution in [0.25, 0.3) is 0 Å². The van der Waals surface area contributed by atoms with Crippen molar-refractivity contribution in [3.05, 3.63) is 84.1 Å². The predicted octanol–water partition coefficient (Wildman–Crippen LogP) is 3.90. The molecular weight excluding hydrogens is 300 g/mol. The third-order valence-electron chi connectivity index (χ3n) is 3.59. The highest BCUT2D eigenvalue weighted by atomic mass is 16.1. The topological polar surface area (TPSA) is 66.9 Å². The van der Waals surface area contributed by atoms with E-state index in [2.05, 4.69) is 20.8 Å². The number of benzene rings is 2. The first-order valence-electron chi connectivity index (χ1n) is 7.74. The molecule has 1 atom stereocenters. The average Bonchev–Trinajstić information content (AvgIpc) is 2.64. The second-order valence-corrected chi connectivity index (χ2v) is 5.40. The summed E-state index contributed by atoms with van der Waals surface area (Å²) in [6.45, 7) is 2.05. The Morgan fingerprint density at radius 2 is 1.54 bits per heavy atom. The molecular formula is C19H18N4O. The predicted molar refractivity (Wildman–Crippen MR) is 94.9 cm³/mol. The van der Waals surface area contributed by atoms with Gasteiger partial charge in [0.25, 0.3) is 5.91 Å². The van der Waals surface area contributed by atoms with Gasteiger partial charge >= 0.3 is 0 Å². The molecule has 2 N–H and O–H groups in total. The van der Waals surface area contributed by atoms with Gasteiger partial charge in [0, 0.05) is 11.7 Å². The Morgan fingerprint density at radius 1 is 0.875 bits per heavy atom. The molecule has 0 saturated carbocycles. The summed E-state index contributed by atoms with van der Waals surface area (Å²) in [5.74, 6) is 0.346. The first-order chi connectivity index (χ1) is 11.7. The average molecular weight is 318 g/mol. The maximum absolute atomic E-state index is 12.1. The van der Waals surface area contributed by atoms with Crippen LogP contribution in [0.2, 0.25) is 0 Å². The third-order valence-corrected chi connectivity index (χ3v) is 3.59. The Balaban J connectivity index is 1.64. The van der Waals surface area contributed by atoms with Gasteiger partial charge in [0.05, 0.1) is 0 Å². The van der Waals surface area contributed by atoms with Crippen molar-refractivity contribution in [1.82, 2.24) is 10.2 Å². The molecule has 120 valence electrons. The van der Waals surface area contributed by atoms with Gasteiger partial charge in [-0.1, -0.05) is 48.5 Å². The standard InChI is InChI=1S/C19H18N4O/c1-14(15-8-4-2-5-9-15)20-18-13-12-17(22-23-18)19(24)21-16-10-6-3-7-11-16/h2-14H,1H3,(H,20,23)(H,21,24). The number of carbonyl (C=O) groups excluding carboxylic acids is 1. The van der Waals surface area contributed by atoms with Crippen molar-refractivity contribution in [1.29, 1.82) is 0 Å². The van der Waals surface area contributed by atoms with Crippen LogP contribution in [0.15, 0.2) is 72.8 Å². The molecule has 0 fully saturated rings. The smallest absolute Gasteiger partial charge is 0.276 e. The quantitative estimate of drug-likeness (QED) is 0.748. The van der Waals surface area contributed by atoms with E-state index in [-0.39, 0.29) is 17.6 Å². The molecule has 3 rings (SSSR count). The number of anilines is 2. The number of nitrogens with zero attached hydrogens (tertiary/aromatic N) is 2. The van der Waals surface area contributed by atoms with Crippen LogP contribution in [0, 0.1) is 0 Å². The zero-order chi connectivity index (χ0) is 16.8. The summed E-state index contributed by atoms with van der Waals surface area (Å²) in [7, 11) is 0. The van der Waals surface area contributed by atoms with E-state index in [0.29, 0.717) is 5.82 Å². The first kappa shape index (κ1) is 15.7. The summed E-state index contributed by atoms with van der Waals surface area (Å²) in [6, 6.07) is 22.8. The van der Waals surface area contributed by atoms with Crippen LogP contribution in [0.3, 0.4) is 0 Å². The van der Waals surface area contributed by atoms with Crippen molar-refractivity contribution in [3.8, 4) is 0 Å². The van der Waals surface area contributed by atoms with Crippen LogP contribution >= 0.6 is 0 Å². The second-order valence-electron chi connectivity index (χ2n) is 5.40. The van der Waals surface area contributed by atoms with Crippen LogP contribution in [0.1, 0.15) is 29.0 Å². The van der Waals surface area contributed by atoms with Gasteiger partial charge in [-0.3, -0.25) is 4.79 Å². The summed E-state index contributed by atoms with van der Waals surface area (Å²) in [5, 5.41) is 14.1. The molecule has 1 unspecified atom stereocenters. The summed E-state index contributed by atoms with van der Waals surface area (Å²) >= 11 is 0. The minimum atomic E-state index is -0.281. The first-order valence-corrected chi connectivity index (χ1v) is 7.74. The van der Waals surface area contributed by atoms with Gasteiger partial charge < -0.3 is 10.6 Å². The molecule has 1 heterocycles. The van der Waals surface area contributed by atoms with Crippen LogP contribution in [0.5, 0.6) is 0 Å². The van der Waals surface area contributed by atoms with Crippen molar-refractivity contribution < 1.29 is 4.79 Å². The molecule has 0 aliphatic heterocycles. The van der Waals surface area contributed by atoms with E-state index in [4.69, 9.17) is 0 Å². The molecule has 0 radical (unpaired) electrons. The molecule has 24 heavy (non-hydrogen) atoms. The van der Waals surface area contributed by atoms with Crippen molar-refractivity contribution in [2.24, 2.45) is 0 Å². The highest BCUT2D eigenvalue weighted by molar-refractivity contribution is 6.02. The van der Waals surface area contributed by atoms with Gasteiger partial charge in [-0.15, -0.1) is 10.2 Å². The van der Waals surface area contributed by atoms with E-state index in [1.165, 1.54) is 0 Å². The summed E-state index contributed by atoms with van der Waals surface area (Å²) in [5.41, 5.74) is 2.16. The Kier molecular flexibility index (Phi) is 4.81. The maximum Gasteiger partial charge on any atom is 0.276 e. The third kappa shape index (κ3) is 3.95. The zero-order valence-electron chi connectivity index (χ0n) is 13.3. The van der Waals surface area contributed by atoms with Gasteiger partial charge in [0.1, 0.15) is 5.82 Å². The molecule has 1 amide bonds. The normalized spacial score (nSPS) is 11.5. The van der Waals surface area contributed by atoms with E-state index >= 15 is 0 Å². The Morgan fingerprint density at radius 3 is 2.17 bits per heavy atom. The zero-order valence-corrected chi connectivity index (χ0v) is 13.3. The van der Waals surface area contributed by atoms with Crippen LogP contribution in [-0.4, -0.2) is 16.1 Å². The Hall–Kier alpha value is -3.21. The number of amides is 1. The number of aromatic nitrogens is 2. The SMILES string of the molecule is CC(Nc1ccc(C(=O)Nc2ccccc2)nn1)c1ccccc1. The monoisotopic (exact) mass is 318 g/mol. The summed E-state index contributed by atoms with van der Waals surface area (Å²) < 4.78 is 0. The molecule has 2 aromatic carbocycles. The van der Waals surface area contributed by atoms with Crippen LogP contribution < -0.4 is 10.6 Å². The highest BCUT2D eigenvalue weighted by Gasteiger charge is 2.10.